The zero-order valence-electron chi connectivity index (χ0n) is 22.2. The van der Waals surface area contributed by atoms with Crippen LogP contribution in [0.3, 0.4) is 0 Å². The van der Waals surface area contributed by atoms with Crippen LogP contribution < -0.4 is 0 Å². The molecule has 0 saturated carbocycles. The van der Waals surface area contributed by atoms with Gasteiger partial charge in [-0.2, -0.15) is 0 Å². The number of hydrogen-bond acceptors (Lipinski definition) is 7. The highest BCUT2D eigenvalue weighted by atomic mass is 32.2. The van der Waals surface area contributed by atoms with Crippen molar-refractivity contribution >= 4 is 30.6 Å². The second-order valence-electron chi connectivity index (χ2n) is 10.1. The molecule has 1 unspecified atom stereocenters. The number of hydrogen-bond donors (Lipinski definition) is 1. The fraction of sp³-hybridized carbons (Fsp3) is 0.161. The molecule has 1 N–H and O–H groups in total. The van der Waals surface area contributed by atoms with Crippen LogP contribution in [0.1, 0.15) is 18.4 Å². The number of nitrogens with zero attached hydrogens (tertiary/aromatic N) is 2. The van der Waals surface area contributed by atoms with Crippen LogP contribution in [-0.2, 0) is 19.7 Å². The first-order valence-corrected chi connectivity index (χ1v) is 16.5. The average Bonchev–Trinajstić information content (AvgIpc) is 2.91. The normalized spacial score (nSPS) is 12.9. The molecule has 5 rings (SSSR count). The lowest BCUT2D eigenvalue weighted by atomic mass is 9.91. The van der Waals surface area contributed by atoms with Crippen molar-refractivity contribution in [3.05, 3.63) is 96.8 Å². The van der Waals surface area contributed by atoms with Crippen molar-refractivity contribution in [2.45, 2.75) is 17.7 Å². The van der Waals surface area contributed by atoms with Crippen molar-refractivity contribution in [3.63, 3.8) is 0 Å². The number of aromatic nitrogens is 2. The first-order valence-electron chi connectivity index (χ1n) is 12.6. The molecule has 40 heavy (non-hydrogen) atoms. The Balaban J connectivity index is 1.66. The van der Waals surface area contributed by atoms with Gasteiger partial charge in [0, 0.05) is 35.9 Å². The summed E-state index contributed by atoms with van der Waals surface area (Å²) in [5, 5.41) is 11.8. The van der Waals surface area contributed by atoms with E-state index in [1.807, 2.05) is 55.5 Å². The third-order valence-electron chi connectivity index (χ3n) is 6.84. The van der Waals surface area contributed by atoms with E-state index in [4.69, 9.17) is 0 Å². The molecule has 2 heterocycles. The Morgan fingerprint density at radius 1 is 0.750 bits per heavy atom. The van der Waals surface area contributed by atoms with E-state index in [1.54, 1.807) is 36.5 Å². The topological polar surface area (TPSA) is 114 Å². The zero-order chi connectivity index (χ0) is 28.7. The highest BCUT2D eigenvalue weighted by Crippen LogP contribution is 2.40. The van der Waals surface area contributed by atoms with Crippen LogP contribution in [-0.4, -0.2) is 50.2 Å². The minimum Gasteiger partial charge on any atom is -0.493 e. The van der Waals surface area contributed by atoms with Gasteiger partial charge in [0.25, 0.3) is 0 Å². The summed E-state index contributed by atoms with van der Waals surface area (Å²) in [5.74, 6) is -0.339. The number of fused-ring (bicyclic) bond motifs is 1. The molecule has 7 nitrogen and oxygen atoms in total. The van der Waals surface area contributed by atoms with Gasteiger partial charge in [0.15, 0.2) is 9.84 Å². The molecule has 1 atom stereocenters. The molecule has 9 heteroatoms. The monoisotopic (exact) mass is 572 g/mol. The van der Waals surface area contributed by atoms with Crippen molar-refractivity contribution in [3.8, 4) is 39.3 Å². The molecule has 5 aromatic rings. The van der Waals surface area contributed by atoms with Crippen LogP contribution in [0.15, 0.2) is 96.2 Å². The fourth-order valence-electron chi connectivity index (χ4n) is 4.97. The summed E-state index contributed by atoms with van der Waals surface area (Å²) in [6.07, 6.45) is 5.63. The first-order chi connectivity index (χ1) is 18.9. The highest BCUT2D eigenvalue weighted by molar-refractivity contribution is 7.91. The second kappa shape index (κ2) is 10.5. The van der Waals surface area contributed by atoms with Crippen molar-refractivity contribution in [1.82, 2.24) is 9.97 Å². The summed E-state index contributed by atoms with van der Waals surface area (Å²) in [5.41, 5.74) is 6.01. The Labute approximate surface area is 234 Å². The number of aromatic hydroxyl groups is 1. The zero-order valence-corrected chi connectivity index (χ0v) is 23.9. The molecular weight excluding hydrogens is 544 g/mol. The lowest BCUT2D eigenvalue weighted by Crippen LogP contribution is -2.10. The summed E-state index contributed by atoms with van der Waals surface area (Å²) in [4.78, 5) is 8.94. The maximum absolute atomic E-state index is 12.0. The molecule has 204 valence electrons. The van der Waals surface area contributed by atoms with Gasteiger partial charge >= 0.3 is 0 Å². The van der Waals surface area contributed by atoms with Gasteiger partial charge in [-0.3, -0.25) is 4.98 Å². The average molecular weight is 573 g/mol. The first kappa shape index (κ1) is 27.5. The number of benzene rings is 3. The smallest absolute Gasteiger partial charge is 0.219 e. The largest absolute Gasteiger partial charge is 0.493 e. The van der Waals surface area contributed by atoms with E-state index in [2.05, 4.69) is 9.97 Å². The van der Waals surface area contributed by atoms with Crippen molar-refractivity contribution < 1.29 is 21.9 Å². The predicted octanol–water partition coefficient (Wildman–Crippen LogP) is 5.89. The minimum absolute atomic E-state index is 0.0310. The lowest BCUT2D eigenvalue weighted by molar-refractivity contribution is 0.456. The van der Waals surface area contributed by atoms with E-state index in [-0.39, 0.29) is 22.4 Å². The third kappa shape index (κ3) is 5.76. The Bertz CT molecular complexity index is 1950. The number of rotatable bonds is 7. The molecule has 0 radical (unpaired) electrons. The van der Waals surface area contributed by atoms with Gasteiger partial charge < -0.3 is 5.11 Å². The SMILES string of the molecule is CC(CS(C)(=O)=O)c1cc(-c2cccc(-c3c(-c4ccc(S(C)(=O)=O)cc4)ccnc3O)c2)c2ncccc2c1. The fourth-order valence-corrected chi connectivity index (χ4v) is 6.70. The molecule has 0 saturated heterocycles. The van der Waals surface area contributed by atoms with E-state index < -0.39 is 19.7 Å². The predicted molar refractivity (Wildman–Crippen MR) is 159 cm³/mol. The summed E-state index contributed by atoms with van der Waals surface area (Å²) >= 11 is 0. The molecule has 0 fully saturated rings. The van der Waals surface area contributed by atoms with Crippen molar-refractivity contribution in [2.24, 2.45) is 0 Å². The van der Waals surface area contributed by atoms with Crippen molar-refractivity contribution in [2.75, 3.05) is 18.3 Å². The molecule has 0 amide bonds. The van der Waals surface area contributed by atoms with Crippen LogP contribution in [0.5, 0.6) is 5.88 Å². The van der Waals surface area contributed by atoms with E-state index in [1.165, 1.54) is 12.5 Å². The van der Waals surface area contributed by atoms with E-state index in [0.717, 1.165) is 39.4 Å². The molecule has 0 aliphatic heterocycles. The van der Waals surface area contributed by atoms with Crippen LogP contribution >= 0.6 is 0 Å². The Morgan fingerprint density at radius 3 is 2.17 bits per heavy atom. The van der Waals surface area contributed by atoms with Crippen LogP contribution in [0.2, 0.25) is 0 Å². The van der Waals surface area contributed by atoms with Gasteiger partial charge in [-0.1, -0.05) is 43.3 Å². The Morgan fingerprint density at radius 2 is 1.48 bits per heavy atom. The van der Waals surface area contributed by atoms with Crippen molar-refractivity contribution in [1.29, 1.82) is 0 Å². The summed E-state index contributed by atoms with van der Waals surface area (Å²) in [7, 11) is -6.52. The molecular formula is C31H28N2O5S2. The van der Waals surface area contributed by atoms with Gasteiger partial charge in [0.05, 0.1) is 21.7 Å². The van der Waals surface area contributed by atoms with Gasteiger partial charge in [-0.15, -0.1) is 0 Å². The molecule has 3 aromatic carbocycles. The van der Waals surface area contributed by atoms with Crippen LogP contribution in [0.25, 0.3) is 44.3 Å². The summed E-state index contributed by atoms with van der Waals surface area (Å²) < 4.78 is 47.9. The van der Waals surface area contributed by atoms with E-state index >= 15 is 0 Å². The molecule has 0 bridgehead atoms. The van der Waals surface area contributed by atoms with Gasteiger partial charge in [-0.25, -0.2) is 21.8 Å². The molecule has 0 spiro atoms. The highest BCUT2D eigenvalue weighted by Gasteiger charge is 2.18. The molecule has 0 aliphatic rings. The van der Waals surface area contributed by atoms with Gasteiger partial charge in [0.2, 0.25) is 5.88 Å². The molecule has 2 aromatic heterocycles. The Hall–Kier alpha value is -4.08. The van der Waals surface area contributed by atoms with Gasteiger partial charge in [-0.05, 0) is 76.2 Å². The summed E-state index contributed by atoms with van der Waals surface area (Å²) in [6.45, 7) is 1.90. The van der Waals surface area contributed by atoms with E-state index in [0.29, 0.717) is 16.7 Å². The molecule has 0 aliphatic carbocycles. The maximum atomic E-state index is 12.0. The van der Waals surface area contributed by atoms with Crippen LogP contribution in [0, 0.1) is 0 Å². The standard InChI is InChI=1S/C31H28N2O5S2/c1-20(19-39(2,35)36)25-17-24-8-5-14-32-30(24)28(18-25)22-6-4-7-23(16-22)29-27(13-15-33-31(29)34)21-9-11-26(12-10-21)40(3,37)38/h4-18,20H,19H2,1-3H3,(H,33,34). The van der Waals surface area contributed by atoms with Crippen LogP contribution in [0.4, 0.5) is 0 Å². The van der Waals surface area contributed by atoms with E-state index in [9.17, 15) is 21.9 Å². The minimum atomic E-state index is -3.35. The quantitative estimate of drug-likeness (QED) is 0.259. The summed E-state index contributed by atoms with van der Waals surface area (Å²) in [6, 6.07) is 23.7. The number of pyridine rings is 2. The Kier molecular flexibility index (Phi) is 7.20. The second-order valence-corrected chi connectivity index (χ2v) is 14.3. The maximum Gasteiger partial charge on any atom is 0.219 e. The lowest BCUT2D eigenvalue weighted by Gasteiger charge is -2.16. The van der Waals surface area contributed by atoms with Gasteiger partial charge in [0.1, 0.15) is 9.84 Å². The third-order valence-corrected chi connectivity index (χ3v) is 9.07. The number of sulfone groups is 2.